The quantitative estimate of drug-likeness (QED) is 0.818. The zero-order valence-corrected chi connectivity index (χ0v) is 16.6. The van der Waals surface area contributed by atoms with E-state index in [-0.39, 0.29) is 11.9 Å². The van der Waals surface area contributed by atoms with Crippen LogP contribution >= 0.6 is 0 Å². The molecule has 0 aliphatic carbocycles. The van der Waals surface area contributed by atoms with Crippen LogP contribution in [0.2, 0.25) is 0 Å². The molecule has 1 atom stereocenters. The summed E-state index contributed by atoms with van der Waals surface area (Å²) in [6.07, 6.45) is 0. The third-order valence-electron chi connectivity index (χ3n) is 5.82. The molecule has 1 unspecified atom stereocenters. The lowest BCUT2D eigenvalue weighted by atomic mass is 10.1. The zero-order valence-electron chi connectivity index (χ0n) is 16.6. The first kappa shape index (κ1) is 19.0. The summed E-state index contributed by atoms with van der Waals surface area (Å²) in [7, 11) is 0. The predicted octanol–water partition coefficient (Wildman–Crippen LogP) is 2.61. The number of rotatable bonds is 4. The van der Waals surface area contributed by atoms with E-state index in [1.165, 1.54) is 5.56 Å². The number of fused-ring (bicyclic) bond motifs is 1. The lowest BCUT2D eigenvalue weighted by Crippen LogP contribution is -2.54. The fourth-order valence-electron chi connectivity index (χ4n) is 4.06. The second-order valence-electron chi connectivity index (χ2n) is 7.69. The maximum absolute atomic E-state index is 13.1. The van der Waals surface area contributed by atoms with E-state index in [1.807, 2.05) is 36.1 Å². The second kappa shape index (κ2) is 8.76. The lowest BCUT2D eigenvalue weighted by Gasteiger charge is -2.38. The Bertz CT molecular complexity index is 787. The molecule has 0 bridgehead atoms. The fourth-order valence-corrected chi connectivity index (χ4v) is 4.06. The summed E-state index contributed by atoms with van der Waals surface area (Å²) < 4.78 is 5.85. The molecule has 2 aromatic carbocycles. The SMILES string of the molecule is CC(C(=O)N1CCN(Cc2ccccc2)CC1)N1CCOc2ccccc2C1. The predicted molar refractivity (Wildman–Crippen MR) is 110 cm³/mol. The van der Waals surface area contributed by atoms with Crippen molar-refractivity contribution in [2.45, 2.75) is 26.1 Å². The standard InChI is InChI=1S/C23H29N3O2/c1-19(26-15-16-28-22-10-6-5-9-21(22)18-26)23(27)25-13-11-24(12-14-25)17-20-7-3-2-4-8-20/h2-10,19H,11-18H2,1H3. The van der Waals surface area contributed by atoms with Gasteiger partial charge in [-0.05, 0) is 18.6 Å². The van der Waals surface area contributed by atoms with Gasteiger partial charge in [-0.3, -0.25) is 14.6 Å². The van der Waals surface area contributed by atoms with Crippen molar-refractivity contribution in [2.24, 2.45) is 0 Å². The van der Waals surface area contributed by atoms with Crippen LogP contribution in [0.5, 0.6) is 5.75 Å². The summed E-state index contributed by atoms with van der Waals surface area (Å²) in [4.78, 5) is 19.8. The van der Waals surface area contributed by atoms with Gasteiger partial charge >= 0.3 is 0 Å². The van der Waals surface area contributed by atoms with Crippen molar-refractivity contribution in [2.75, 3.05) is 39.3 Å². The summed E-state index contributed by atoms with van der Waals surface area (Å²) in [6, 6.07) is 18.5. The summed E-state index contributed by atoms with van der Waals surface area (Å²) in [6.45, 7) is 8.61. The van der Waals surface area contributed by atoms with Crippen molar-refractivity contribution >= 4 is 5.91 Å². The maximum atomic E-state index is 13.1. The summed E-state index contributed by atoms with van der Waals surface area (Å²) >= 11 is 0. The molecule has 148 valence electrons. The van der Waals surface area contributed by atoms with Gasteiger partial charge in [0.2, 0.25) is 5.91 Å². The maximum Gasteiger partial charge on any atom is 0.239 e. The van der Waals surface area contributed by atoms with Gasteiger partial charge in [-0.1, -0.05) is 48.5 Å². The van der Waals surface area contributed by atoms with E-state index in [9.17, 15) is 4.79 Å². The summed E-state index contributed by atoms with van der Waals surface area (Å²) in [5.74, 6) is 1.18. The summed E-state index contributed by atoms with van der Waals surface area (Å²) in [5.41, 5.74) is 2.49. The Balaban J connectivity index is 1.32. The van der Waals surface area contributed by atoms with Crippen LogP contribution in [-0.4, -0.2) is 66.0 Å². The van der Waals surface area contributed by atoms with E-state index in [4.69, 9.17) is 4.74 Å². The van der Waals surface area contributed by atoms with Gasteiger partial charge in [0.15, 0.2) is 0 Å². The molecule has 0 aromatic heterocycles. The highest BCUT2D eigenvalue weighted by Gasteiger charge is 2.30. The topological polar surface area (TPSA) is 36.0 Å². The minimum Gasteiger partial charge on any atom is -0.492 e. The molecule has 5 heteroatoms. The number of hydrogen-bond donors (Lipinski definition) is 0. The van der Waals surface area contributed by atoms with Crippen LogP contribution in [0.4, 0.5) is 0 Å². The van der Waals surface area contributed by atoms with E-state index in [0.29, 0.717) is 6.61 Å². The Kier molecular flexibility index (Phi) is 5.93. The third kappa shape index (κ3) is 4.37. The van der Waals surface area contributed by atoms with E-state index in [1.54, 1.807) is 0 Å². The van der Waals surface area contributed by atoms with Crippen LogP contribution in [0.3, 0.4) is 0 Å². The highest BCUT2D eigenvalue weighted by Crippen LogP contribution is 2.24. The normalized spacial score (nSPS) is 19.4. The smallest absolute Gasteiger partial charge is 0.239 e. The van der Waals surface area contributed by atoms with Gasteiger partial charge in [-0.25, -0.2) is 0 Å². The Morgan fingerprint density at radius 2 is 1.68 bits per heavy atom. The van der Waals surface area contributed by atoms with Crippen molar-refractivity contribution in [3.8, 4) is 5.75 Å². The first-order chi connectivity index (χ1) is 13.7. The lowest BCUT2D eigenvalue weighted by molar-refractivity contribution is -0.138. The van der Waals surface area contributed by atoms with E-state index in [0.717, 1.165) is 57.1 Å². The molecule has 0 saturated carbocycles. The number of piperazine rings is 1. The van der Waals surface area contributed by atoms with Gasteiger partial charge in [0.1, 0.15) is 12.4 Å². The summed E-state index contributed by atoms with van der Waals surface area (Å²) in [5, 5.41) is 0. The van der Waals surface area contributed by atoms with Crippen LogP contribution in [0.25, 0.3) is 0 Å². The Hall–Kier alpha value is -2.37. The second-order valence-corrected chi connectivity index (χ2v) is 7.69. The zero-order chi connectivity index (χ0) is 19.3. The Labute approximate surface area is 167 Å². The van der Waals surface area contributed by atoms with Gasteiger partial charge in [0, 0.05) is 51.4 Å². The van der Waals surface area contributed by atoms with Crippen molar-refractivity contribution < 1.29 is 9.53 Å². The molecular weight excluding hydrogens is 350 g/mol. The van der Waals surface area contributed by atoms with Crippen LogP contribution in [-0.2, 0) is 17.9 Å². The minimum absolute atomic E-state index is 0.129. The largest absolute Gasteiger partial charge is 0.492 e. The monoisotopic (exact) mass is 379 g/mol. The van der Waals surface area contributed by atoms with E-state index >= 15 is 0 Å². The highest BCUT2D eigenvalue weighted by molar-refractivity contribution is 5.81. The minimum atomic E-state index is -0.129. The number of benzene rings is 2. The molecule has 0 radical (unpaired) electrons. The molecule has 5 nitrogen and oxygen atoms in total. The number of ether oxygens (including phenoxy) is 1. The van der Waals surface area contributed by atoms with Crippen molar-refractivity contribution in [3.63, 3.8) is 0 Å². The average molecular weight is 380 g/mol. The molecule has 0 N–H and O–H groups in total. The van der Waals surface area contributed by atoms with Gasteiger partial charge in [0.25, 0.3) is 0 Å². The van der Waals surface area contributed by atoms with Crippen molar-refractivity contribution in [1.29, 1.82) is 0 Å². The number of amides is 1. The molecule has 0 spiro atoms. The number of carbonyl (C=O) groups excluding carboxylic acids is 1. The molecule has 1 saturated heterocycles. The van der Waals surface area contributed by atoms with Gasteiger partial charge < -0.3 is 9.64 Å². The van der Waals surface area contributed by atoms with Gasteiger partial charge in [0.05, 0.1) is 6.04 Å². The first-order valence-corrected chi connectivity index (χ1v) is 10.2. The molecule has 2 heterocycles. The van der Waals surface area contributed by atoms with Crippen LogP contribution in [0.1, 0.15) is 18.1 Å². The van der Waals surface area contributed by atoms with E-state index < -0.39 is 0 Å². The first-order valence-electron chi connectivity index (χ1n) is 10.2. The van der Waals surface area contributed by atoms with Crippen LogP contribution < -0.4 is 4.74 Å². The van der Waals surface area contributed by atoms with Gasteiger partial charge in [-0.2, -0.15) is 0 Å². The Morgan fingerprint density at radius 3 is 2.46 bits per heavy atom. The molecule has 28 heavy (non-hydrogen) atoms. The molecule has 2 aromatic rings. The molecule has 1 fully saturated rings. The average Bonchev–Trinajstić information content (AvgIpc) is 2.96. The van der Waals surface area contributed by atoms with Crippen LogP contribution in [0.15, 0.2) is 54.6 Å². The number of para-hydroxylation sites is 1. The van der Waals surface area contributed by atoms with Crippen LogP contribution in [0, 0.1) is 0 Å². The highest BCUT2D eigenvalue weighted by atomic mass is 16.5. The third-order valence-corrected chi connectivity index (χ3v) is 5.82. The molecule has 4 rings (SSSR count). The molecule has 2 aliphatic rings. The number of nitrogens with zero attached hydrogens (tertiary/aromatic N) is 3. The fraction of sp³-hybridized carbons (Fsp3) is 0.435. The van der Waals surface area contributed by atoms with E-state index in [2.05, 4.69) is 40.1 Å². The van der Waals surface area contributed by atoms with Crippen molar-refractivity contribution in [1.82, 2.24) is 14.7 Å². The number of hydrogen-bond acceptors (Lipinski definition) is 4. The molecular formula is C23H29N3O2. The van der Waals surface area contributed by atoms with Gasteiger partial charge in [-0.15, -0.1) is 0 Å². The van der Waals surface area contributed by atoms with Crippen molar-refractivity contribution in [3.05, 3.63) is 65.7 Å². The molecule has 2 aliphatic heterocycles. The Morgan fingerprint density at radius 1 is 0.964 bits per heavy atom. The number of carbonyl (C=O) groups is 1. The molecule has 1 amide bonds.